The third-order valence-corrected chi connectivity index (χ3v) is 3.47. The lowest BCUT2D eigenvalue weighted by Crippen LogP contribution is -2.41. The van der Waals surface area contributed by atoms with Gasteiger partial charge in [0.05, 0.1) is 32.1 Å². The zero-order valence-electron chi connectivity index (χ0n) is 10.0. The first-order chi connectivity index (χ1) is 7.95. The van der Waals surface area contributed by atoms with Crippen LogP contribution in [0.1, 0.15) is 12.8 Å². The number of sulfonamides is 1. The van der Waals surface area contributed by atoms with Crippen molar-refractivity contribution in [2.24, 2.45) is 0 Å². The number of rotatable bonds is 9. The predicted octanol–water partition coefficient (Wildman–Crippen LogP) is -1.13. The number of carbonyl (C=O) groups excluding carboxylic acids is 1. The molecule has 0 spiro atoms. The van der Waals surface area contributed by atoms with E-state index in [1.165, 1.54) is 14.2 Å². The molecule has 0 saturated carbocycles. The Labute approximate surface area is 101 Å². The van der Waals surface area contributed by atoms with E-state index in [0.717, 1.165) is 0 Å². The highest BCUT2D eigenvalue weighted by atomic mass is 32.2. The van der Waals surface area contributed by atoms with Crippen LogP contribution in [-0.2, 0) is 24.3 Å². The monoisotopic (exact) mass is 269 g/mol. The minimum absolute atomic E-state index is 0.0471. The molecule has 0 aliphatic carbocycles. The van der Waals surface area contributed by atoms with Gasteiger partial charge in [-0.1, -0.05) is 0 Å². The summed E-state index contributed by atoms with van der Waals surface area (Å²) in [6, 6.07) is -0.664. The van der Waals surface area contributed by atoms with Crippen LogP contribution in [0.2, 0.25) is 0 Å². The van der Waals surface area contributed by atoms with Crippen LogP contribution >= 0.6 is 0 Å². The van der Waals surface area contributed by atoms with Crippen LogP contribution in [0.15, 0.2) is 0 Å². The number of esters is 1. The molecule has 2 N–H and O–H groups in total. The van der Waals surface area contributed by atoms with Gasteiger partial charge in [0.25, 0.3) is 0 Å². The lowest BCUT2D eigenvalue weighted by molar-refractivity contribution is -0.140. The van der Waals surface area contributed by atoms with Crippen LogP contribution in [0, 0.1) is 0 Å². The highest BCUT2D eigenvalue weighted by Gasteiger charge is 2.17. The van der Waals surface area contributed by atoms with Crippen molar-refractivity contribution < 1.29 is 27.8 Å². The topological polar surface area (TPSA) is 102 Å². The largest absolute Gasteiger partial charge is 0.469 e. The summed E-state index contributed by atoms with van der Waals surface area (Å²) in [7, 11) is -0.860. The lowest BCUT2D eigenvalue weighted by atomic mass is 10.3. The molecule has 7 nitrogen and oxygen atoms in total. The lowest BCUT2D eigenvalue weighted by Gasteiger charge is -2.15. The number of methoxy groups -OCH3 is 2. The second kappa shape index (κ2) is 8.40. The van der Waals surface area contributed by atoms with Crippen LogP contribution < -0.4 is 4.72 Å². The Morgan fingerprint density at radius 3 is 2.53 bits per heavy atom. The quantitative estimate of drug-likeness (QED) is 0.513. The fourth-order valence-corrected chi connectivity index (χ4v) is 2.44. The number of hydrogen-bond donors (Lipinski definition) is 2. The second-order valence-electron chi connectivity index (χ2n) is 3.45. The third-order valence-electron chi connectivity index (χ3n) is 1.96. The molecule has 1 unspecified atom stereocenters. The first kappa shape index (κ1) is 16.3. The molecule has 0 fully saturated rings. The molecule has 0 aromatic carbocycles. The number of aliphatic hydroxyl groups is 1. The summed E-state index contributed by atoms with van der Waals surface area (Å²) in [4.78, 5) is 10.8. The van der Waals surface area contributed by atoms with Crippen molar-refractivity contribution in [2.75, 3.05) is 33.2 Å². The van der Waals surface area contributed by atoms with E-state index in [2.05, 4.69) is 9.46 Å². The Kier molecular flexibility index (Phi) is 8.05. The zero-order valence-corrected chi connectivity index (χ0v) is 10.8. The van der Waals surface area contributed by atoms with E-state index in [1.54, 1.807) is 0 Å². The Balaban J connectivity index is 4.06. The van der Waals surface area contributed by atoms with E-state index in [9.17, 15) is 13.2 Å². The number of aliphatic hydroxyl groups excluding tert-OH is 1. The average molecular weight is 269 g/mol. The average Bonchev–Trinajstić information content (AvgIpc) is 2.27. The molecular formula is C9H19NO6S. The van der Waals surface area contributed by atoms with Crippen molar-refractivity contribution in [2.45, 2.75) is 18.9 Å². The minimum Gasteiger partial charge on any atom is -0.469 e. The fraction of sp³-hybridized carbons (Fsp3) is 0.889. The third kappa shape index (κ3) is 8.08. The molecular weight excluding hydrogens is 250 g/mol. The van der Waals surface area contributed by atoms with E-state index in [-0.39, 0.29) is 31.8 Å². The van der Waals surface area contributed by atoms with Gasteiger partial charge in [0, 0.05) is 13.5 Å². The van der Waals surface area contributed by atoms with Gasteiger partial charge >= 0.3 is 5.97 Å². The van der Waals surface area contributed by atoms with Gasteiger partial charge < -0.3 is 14.6 Å². The molecule has 0 rings (SSSR count). The SMILES string of the molecule is COCC(CO)NS(=O)(=O)CCCC(=O)OC. The summed E-state index contributed by atoms with van der Waals surface area (Å²) in [5.74, 6) is -0.640. The summed E-state index contributed by atoms with van der Waals surface area (Å²) < 4.78 is 34.4. The Morgan fingerprint density at radius 2 is 2.06 bits per heavy atom. The molecule has 0 aliphatic heterocycles. The summed E-state index contributed by atoms with van der Waals surface area (Å²) in [6.07, 6.45) is 0.221. The Hall–Kier alpha value is -0.700. The number of hydrogen-bond acceptors (Lipinski definition) is 6. The maximum Gasteiger partial charge on any atom is 0.305 e. The maximum atomic E-state index is 11.5. The summed E-state index contributed by atoms with van der Waals surface area (Å²) in [5, 5.41) is 8.89. The van der Waals surface area contributed by atoms with Gasteiger partial charge in [0.15, 0.2) is 0 Å². The van der Waals surface area contributed by atoms with Gasteiger partial charge in [-0.15, -0.1) is 0 Å². The van der Waals surface area contributed by atoms with E-state index >= 15 is 0 Å². The molecule has 0 amide bonds. The fourth-order valence-electron chi connectivity index (χ4n) is 1.15. The summed E-state index contributed by atoms with van der Waals surface area (Å²) >= 11 is 0. The van der Waals surface area contributed by atoms with Crippen LogP contribution in [0.25, 0.3) is 0 Å². The summed E-state index contributed by atoms with van der Waals surface area (Å²) in [5.41, 5.74) is 0. The second-order valence-corrected chi connectivity index (χ2v) is 5.32. The zero-order chi connectivity index (χ0) is 13.3. The van der Waals surface area contributed by atoms with E-state index in [4.69, 9.17) is 9.84 Å². The standard InChI is InChI=1S/C9H19NO6S/c1-15-7-8(6-11)10-17(13,14)5-3-4-9(12)16-2/h8,10-11H,3-7H2,1-2H3. The molecule has 17 heavy (non-hydrogen) atoms. The molecule has 0 radical (unpaired) electrons. The molecule has 8 heteroatoms. The van der Waals surface area contributed by atoms with Crippen molar-refractivity contribution in [3.05, 3.63) is 0 Å². The first-order valence-corrected chi connectivity index (χ1v) is 6.77. The van der Waals surface area contributed by atoms with Crippen molar-refractivity contribution in [1.82, 2.24) is 4.72 Å². The highest BCUT2D eigenvalue weighted by molar-refractivity contribution is 7.89. The highest BCUT2D eigenvalue weighted by Crippen LogP contribution is 1.98. The van der Waals surface area contributed by atoms with E-state index in [0.29, 0.717) is 0 Å². The molecule has 0 aromatic heterocycles. The first-order valence-electron chi connectivity index (χ1n) is 5.11. The Morgan fingerprint density at radius 1 is 1.41 bits per heavy atom. The van der Waals surface area contributed by atoms with Crippen LogP contribution in [0.5, 0.6) is 0 Å². The molecule has 0 saturated heterocycles. The van der Waals surface area contributed by atoms with Gasteiger partial charge in [-0.2, -0.15) is 0 Å². The molecule has 0 aliphatic rings. The van der Waals surface area contributed by atoms with Crippen LogP contribution in [0.4, 0.5) is 0 Å². The maximum absolute atomic E-state index is 11.5. The van der Waals surface area contributed by atoms with E-state index in [1.807, 2.05) is 0 Å². The molecule has 0 heterocycles. The summed E-state index contributed by atoms with van der Waals surface area (Å²) in [6.45, 7) is -0.253. The normalized spacial score (nSPS) is 13.4. The van der Waals surface area contributed by atoms with Crippen LogP contribution in [-0.4, -0.2) is 58.7 Å². The van der Waals surface area contributed by atoms with Gasteiger partial charge in [0.2, 0.25) is 10.0 Å². The van der Waals surface area contributed by atoms with Crippen molar-refractivity contribution >= 4 is 16.0 Å². The van der Waals surface area contributed by atoms with Gasteiger partial charge in [-0.3, -0.25) is 4.79 Å². The van der Waals surface area contributed by atoms with E-state index < -0.39 is 22.0 Å². The van der Waals surface area contributed by atoms with Gasteiger partial charge in [0.1, 0.15) is 0 Å². The molecule has 1 atom stereocenters. The van der Waals surface area contributed by atoms with Crippen molar-refractivity contribution in [3.8, 4) is 0 Å². The van der Waals surface area contributed by atoms with Crippen molar-refractivity contribution in [3.63, 3.8) is 0 Å². The molecule has 102 valence electrons. The Bertz CT molecular complexity index is 315. The minimum atomic E-state index is -3.52. The van der Waals surface area contributed by atoms with Gasteiger partial charge in [-0.05, 0) is 6.42 Å². The van der Waals surface area contributed by atoms with Crippen LogP contribution in [0.3, 0.4) is 0 Å². The number of ether oxygens (including phenoxy) is 2. The van der Waals surface area contributed by atoms with Gasteiger partial charge in [-0.25, -0.2) is 13.1 Å². The number of nitrogens with one attached hydrogen (secondary N) is 1. The number of carbonyl (C=O) groups is 1. The molecule has 0 aromatic rings. The molecule has 0 bridgehead atoms. The smallest absolute Gasteiger partial charge is 0.305 e. The predicted molar refractivity (Wildman–Crippen MR) is 60.9 cm³/mol. The van der Waals surface area contributed by atoms with Crippen molar-refractivity contribution in [1.29, 1.82) is 0 Å².